The molecule has 0 radical (unpaired) electrons. The van der Waals surface area contributed by atoms with Crippen LogP contribution in [0.15, 0.2) is 6.33 Å². The number of rotatable bonds is 6. The monoisotopic (exact) mass is 422 g/mol. The van der Waals surface area contributed by atoms with E-state index in [4.69, 9.17) is 4.74 Å². The summed E-state index contributed by atoms with van der Waals surface area (Å²) in [6.07, 6.45) is -0.410. The summed E-state index contributed by atoms with van der Waals surface area (Å²) in [6.45, 7) is 4.20. The zero-order valence-electron chi connectivity index (χ0n) is 17.4. The summed E-state index contributed by atoms with van der Waals surface area (Å²) in [5, 5.41) is 22.3. The fourth-order valence-corrected chi connectivity index (χ4v) is 3.63. The number of aliphatic hydroxyl groups is 2. The van der Waals surface area contributed by atoms with Gasteiger partial charge in [-0.1, -0.05) is 13.8 Å². The fourth-order valence-electron chi connectivity index (χ4n) is 3.63. The molecule has 0 spiro atoms. The summed E-state index contributed by atoms with van der Waals surface area (Å²) in [6, 6.07) is 0.316. The molecule has 0 aromatic carbocycles. The average molecular weight is 422 g/mol. The number of carbonyl (C=O) groups excluding carboxylic acids is 1. The topological polar surface area (TPSA) is 126 Å². The second-order valence-corrected chi connectivity index (χ2v) is 8.49. The highest BCUT2D eigenvalue weighted by Gasteiger charge is 2.55. The smallest absolute Gasteiger partial charge is 0.233 e. The fraction of sp³-hybridized carbons (Fsp3) is 0.684. The lowest BCUT2D eigenvalue weighted by molar-refractivity contribution is -0.118. The molecule has 1 saturated heterocycles. The standard InChI is InChI=1S/C19H27FN6O4/c1-9(2)16(29)24-18-22-14(25(4)10-5-6-10)12-15(23-18)26(8-21-12)17-19(3,20)13(28)11(7-27)30-17/h8-11,13,17,27-28H,5-7H2,1-4H3,(H,22,23,24,29)/t11-,13-,17-,19-/m1/s1. The van der Waals surface area contributed by atoms with Gasteiger partial charge in [-0.15, -0.1) is 0 Å². The SMILES string of the molecule is CC(C)C(=O)Nc1nc(N(C)C2CC2)c2ncn([C@@H]3O[C@H](CO)[C@@H](O)[C@@]3(C)F)c2n1. The van der Waals surface area contributed by atoms with Crippen molar-refractivity contribution in [2.45, 2.75) is 63.8 Å². The Balaban J connectivity index is 1.82. The zero-order valence-corrected chi connectivity index (χ0v) is 17.4. The third kappa shape index (κ3) is 3.40. The van der Waals surface area contributed by atoms with E-state index in [1.165, 1.54) is 17.8 Å². The van der Waals surface area contributed by atoms with Gasteiger partial charge in [-0.25, -0.2) is 9.37 Å². The van der Waals surface area contributed by atoms with Gasteiger partial charge in [0.1, 0.15) is 12.2 Å². The van der Waals surface area contributed by atoms with Crippen molar-refractivity contribution in [3.63, 3.8) is 0 Å². The first-order chi connectivity index (χ1) is 14.1. The van der Waals surface area contributed by atoms with Gasteiger partial charge in [-0.2, -0.15) is 9.97 Å². The molecule has 1 aliphatic heterocycles. The Morgan fingerprint density at radius 3 is 2.73 bits per heavy atom. The lowest BCUT2D eigenvalue weighted by Crippen LogP contribution is -2.40. The predicted octanol–water partition coefficient (Wildman–Crippen LogP) is 0.998. The number of nitrogens with one attached hydrogen (secondary N) is 1. The number of hydrogen-bond acceptors (Lipinski definition) is 8. The van der Waals surface area contributed by atoms with E-state index in [1.807, 2.05) is 11.9 Å². The minimum atomic E-state index is -2.18. The molecule has 0 unspecified atom stereocenters. The molecule has 2 aromatic rings. The molecule has 4 rings (SSSR count). The van der Waals surface area contributed by atoms with E-state index < -0.39 is 30.7 Å². The van der Waals surface area contributed by atoms with Gasteiger partial charge in [0.25, 0.3) is 0 Å². The summed E-state index contributed by atoms with van der Waals surface area (Å²) in [4.78, 5) is 27.5. The molecule has 1 amide bonds. The number of anilines is 2. The third-order valence-electron chi connectivity index (χ3n) is 5.74. The molecule has 30 heavy (non-hydrogen) atoms. The summed E-state index contributed by atoms with van der Waals surface area (Å²) < 4.78 is 22.3. The normalized spacial score (nSPS) is 29.0. The number of imidazole rings is 1. The minimum Gasteiger partial charge on any atom is -0.394 e. The van der Waals surface area contributed by atoms with Crippen molar-refractivity contribution in [1.29, 1.82) is 0 Å². The van der Waals surface area contributed by atoms with E-state index in [2.05, 4.69) is 20.3 Å². The Morgan fingerprint density at radius 2 is 2.17 bits per heavy atom. The molecule has 1 aliphatic carbocycles. The number of nitrogens with zero attached hydrogens (tertiary/aromatic N) is 5. The lowest BCUT2D eigenvalue weighted by Gasteiger charge is -2.25. The van der Waals surface area contributed by atoms with Gasteiger partial charge in [0.05, 0.1) is 12.9 Å². The van der Waals surface area contributed by atoms with Crippen LogP contribution >= 0.6 is 0 Å². The number of carbonyl (C=O) groups is 1. The highest BCUT2D eigenvalue weighted by Crippen LogP contribution is 2.43. The summed E-state index contributed by atoms with van der Waals surface area (Å²) in [7, 11) is 1.89. The molecular weight excluding hydrogens is 395 g/mol. The average Bonchev–Trinajstić information content (AvgIpc) is 3.43. The van der Waals surface area contributed by atoms with Gasteiger partial charge >= 0.3 is 0 Å². The Bertz CT molecular complexity index is 960. The number of alkyl halides is 1. The van der Waals surface area contributed by atoms with Crippen LogP contribution in [-0.4, -0.2) is 73.2 Å². The quantitative estimate of drug-likeness (QED) is 0.630. The van der Waals surface area contributed by atoms with Crippen LogP contribution in [0.25, 0.3) is 11.2 Å². The van der Waals surface area contributed by atoms with E-state index >= 15 is 4.39 Å². The highest BCUT2D eigenvalue weighted by atomic mass is 19.1. The van der Waals surface area contributed by atoms with Gasteiger partial charge in [0.15, 0.2) is 28.9 Å². The maximum atomic E-state index is 15.4. The van der Waals surface area contributed by atoms with Gasteiger partial charge in [0, 0.05) is 19.0 Å². The molecule has 11 heteroatoms. The number of fused-ring (bicyclic) bond motifs is 1. The maximum absolute atomic E-state index is 15.4. The van der Waals surface area contributed by atoms with Crippen molar-refractivity contribution < 1.29 is 24.1 Å². The summed E-state index contributed by atoms with van der Waals surface area (Å²) in [5.74, 6) is 0.0941. The van der Waals surface area contributed by atoms with Gasteiger partial charge < -0.3 is 19.8 Å². The van der Waals surface area contributed by atoms with Crippen LogP contribution in [0, 0.1) is 5.92 Å². The molecular formula is C19H27FN6O4. The van der Waals surface area contributed by atoms with Crippen LogP contribution in [-0.2, 0) is 9.53 Å². The Morgan fingerprint density at radius 1 is 1.47 bits per heavy atom. The second kappa shape index (κ2) is 7.40. The Hall–Kier alpha value is -2.37. The van der Waals surface area contributed by atoms with E-state index in [-0.39, 0.29) is 23.4 Å². The Labute approximate surface area is 173 Å². The number of amides is 1. The molecule has 2 aromatic heterocycles. The first kappa shape index (κ1) is 20.9. The predicted molar refractivity (Wildman–Crippen MR) is 107 cm³/mol. The zero-order chi connectivity index (χ0) is 21.8. The van der Waals surface area contributed by atoms with E-state index in [1.54, 1.807) is 13.8 Å². The largest absolute Gasteiger partial charge is 0.394 e. The Kier molecular flexibility index (Phi) is 5.15. The lowest BCUT2D eigenvalue weighted by atomic mass is 9.98. The molecule has 4 atom stereocenters. The molecule has 10 nitrogen and oxygen atoms in total. The van der Waals surface area contributed by atoms with Crippen LogP contribution in [0.2, 0.25) is 0 Å². The molecule has 1 saturated carbocycles. The second-order valence-electron chi connectivity index (χ2n) is 8.49. The van der Waals surface area contributed by atoms with E-state index in [0.717, 1.165) is 12.8 Å². The molecule has 2 fully saturated rings. The van der Waals surface area contributed by atoms with Crippen molar-refractivity contribution in [2.24, 2.45) is 5.92 Å². The van der Waals surface area contributed by atoms with Gasteiger partial charge in [-0.3, -0.25) is 14.7 Å². The number of halogens is 1. The van der Waals surface area contributed by atoms with Crippen LogP contribution in [0.1, 0.15) is 39.8 Å². The minimum absolute atomic E-state index is 0.0864. The van der Waals surface area contributed by atoms with E-state index in [0.29, 0.717) is 17.4 Å². The van der Waals surface area contributed by atoms with Crippen LogP contribution in [0.5, 0.6) is 0 Å². The first-order valence-electron chi connectivity index (χ1n) is 10.1. The van der Waals surface area contributed by atoms with Crippen LogP contribution in [0.4, 0.5) is 16.2 Å². The first-order valence-corrected chi connectivity index (χ1v) is 10.1. The molecule has 0 bridgehead atoms. The number of ether oxygens (including phenoxy) is 1. The molecule has 3 heterocycles. The summed E-state index contributed by atoms with van der Waals surface area (Å²) in [5.41, 5.74) is -1.48. The van der Waals surface area contributed by atoms with Crippen LogP contribution in [0.3, 0.4) is 0 Å². The molecule has 164 valence electrons. The molecule has 3 N–H and O–H groups in total. The number of aromatic nitrogens is 4. The molecule has 2 aliphatic rings. The highest BCUT2D eigenvalue weighted by molar-refractivity contribution is 5.92. The van der Waals surface area contributed by atoms with Crippen molar-refractivity contribution in [3.05, 3.63) is 6.33 Å². The number of aliphatic hydroxyl groups excluding tert-OH is 2. The number of hydrogen-bond donors (Lipinski definition) is 3. The van der Waals surface area contributed by atoms with Crippen LogP contribution < -0.4 is 10.2 Å². The van der Waals surface area contributed by atoms with Crippen molar-refractivity contribution >= 4 is 28.8 Å². The van der Waals surface area contributed by atoms with Gasteiger partial charge in [-0.05, 0) is 19.8 Å². The third-order valence-corrected chi connectivity index (χ3v) is 5.74. The van der Waals surface area contributed by atoms with Gasteiger partial charge in [0.2, 0.25) is 11.9 Å². The van der Waals surface area contributed by atoms with E-state index in [9.17, 15) is 15.0 Å². The maximum Gasteiger partial charge on any atom is 0.233 e. The van der Waals surface area contributed by atoms with Crippen molar-refractivity contribution in [1.82, 2.24) is 19.5 Å². The van der Waals surface area contributed by atoms with Crippen molar-refractivity contribution in [3.8, 4) is 0 Å². The summed E-state index contributed by atoms with van der Waals surface area (Å²) >= 11 is 0. The van der Waals surface area contributed by atoms with Crippen molar-refractivity contribution in [2.75, 3.05) is 23.9 Å².